The van der Waals surface area contributed by atoms with E-state index in [2.05, 4.69) is 25.3 Å². The summed E-state index contributed by atoms with van der Waals surface area (Å²) in [6.45, 7) is 0. The summed E-state index contributed by atoms with van der Waals surface area (Å²) in [6, 6.07) is 4.28. The largest absolute Gasteiger partial charge is 0.418 e. The number of benzene rings is 1. The van der Waals surface area contributed by atoms with E-state index in [-0.39, 0.29) is 17.6 Å². The standard InChI is InChI=1S/C22H21F3N6/c23-22(24,25)16-5-3-4-13-14(11-28-20(13)16)15-10-27-8-12-9-29-21(31-19(12)15)30-18-7-2-1-6-17(18)26/h3-5,8-11,17-18,28H,1-2,6-7,26H2,(H,29,30,31). The van der Waals surface area contributed by atoms with Crippen LogP contribution in [0.4, 0.5) is 19.1 Å². The van der Waals surface area contributed by atoms with Gasteiger partial charge in [-0.1, -0.05) is 25.0 Å². The molecular formula is C22H21F3N6. The van der Waals surface area contributed by atoms with Gasteiger partial charge in [-0.15, -0.1) is 0 Å². The molecule has 0 spiro atoms. The summed E-state index contributed by atoms with van der Waals surface area (Å²) in [6.07, 6.45) is 6.19. The Morgan fingerprint density at radius 2 is 1.90 bits per heavy atom. The highest BCUT2D eigenvalue weighted by molar-refractivity contribution is 6.04. The Morgan fingerprint density at radius 3 is 2.71 bits per heavy atom. The number of nitrogens with zero attached hydrogens (tertiary/aromatic N) is 3. The zero-order valence-electron chi connectivity index (χ0n) is 16.6. The summed E-state index contributed by atoms with van der Waals surface area (Å²) in [5.41, 5.74) is 7.45. The maximum absolute atomic E-state index is 13.4. The fourth-order valence-corrected chi connectivity index (χ4v) is 4.34. The number of nitrogens with two attached hydrogens (primary N) is 1. The van der Waals surface area contributed by atoms with Crippen LogP contribution >= 0.6 is 0 Å². The molecule has 6 nitrogen and oxygen atoms in total. The van der Waals surface area contributed by atoms with E-state index >= 15 is 0 Å². The van der Waals surface area contributed by atoms with Crippen molar-refractivity contribution in [1.82, 2.24) is 19.9 Å². The number of H-pyrrole nitrogens is 1. The number of para-hydroxylation sites is 1. The molecule has 1 aromatic carbocycles. The Kier molecular flexibility index (Phi) is 4.77. The van der Waals surface area contributed by atoms with Crippen LogP contribution in [0.2, 0.25) is 0 Å². The van der Waals surface area contributed by atoms with Crippen molar-refractivity contribution in [2.45, 2.75) is 43.9 Å². The molecular weight excluding hydrogens is 405 g/mol. The van der Waals surface area contributed by atoms with Crippen molar-refractivity contribution in [2.75, 3.05) is 5.32 Å². The minimum atomic E-state index is -4.45. The second-order valence-electron chi connectivity index (χ2n) is 7.95. The zero-order valence-corrected chi connectivity index (χ0v) is 16.6. The number of hydrogen-bond donors (Lipinski definition) is 3. The van der Waals surface area contributed by atoms with Crippen molar-refractivity contribution in [3.05, 3.63) is 48.5 Å². The van der Waals surface area contributed by atoms with Gasteiger partial charge >= 0.3 is 6.18 Å². The lowest BCUT2D eigenvalue weighted by Crippen LogP contribution is -2.42. The van der Waals surface area contributed by atoms with E-state index in [1.807, 2.05) is 0 Å². The molecule has 0 bridgehead atoms. The van der Waals surface area contributed by atoms with E-state index in [1.165, 1.54) is 6.07 Å². The van der Waals surface area contributed by atoms with Crippen LogP contribution in [-0.2, 0) is 6.18 Å². The summed E-state index contributed by atoms with van der Waals surface area (Å²) in [5, 5.41) is 4.51. The van der Waals surface area contributed by atoms with Crippen molar-refractivity contribution in [3.63, 3.8) is 0 Å². The van der Waals surface area contributed by atoms with Gasteiger partial charge in [0.2, 0.25) is 5.95 Å². The van der Waals surface area contributed by atoms with Crippen LogP contribution in [-0.4, -0.2) is 32.0 Å². The van der Waals surface area contributed by atoms with Gasteiger partial charge in [-0.05, 0) is 18.9 Å². The van der Waals surface area contributed by atoms with E-state index in [9.17, 15) is 13.2 Å². The predicted octanol–water partition coefficient (Wildman–Crippen LogP) is 4.87. The summed E-state index contributed by atoms with van der Waals surface area (Å²) >= 11 is 0. The molecule has 3 aromatic heterocycles. The van der Waals surface area contributed by atoms with Crippen molar-refractivity contribution in [2.24, 2.45) is 5.73 Å². The fraction of sp³-hybridized carbons (Fsp3) is 0.318. The third kappa shape index (κ3) is 3.59. The Morgan fingerprint density at radius 1 is 1.06 bits per heavy atom. The third-order valence-corrected chi connectivity index (χ3v) is 5.93. The van der Waals surface area contributed by atoms with Crippen LogP contribution in [0, 0.1) is 0 Å². The van der Waals surface area contributed by atoms with Gasteiger partial charge in [0.25, 0.3) is 0 Å². The summed E-state index contributed by atoms with van der Waals surface area (Å²) < 4.78 is 40.3. The summed E-state index contributed by atoms with van der Waals surface area (Å²) in [4.78, 5) is 16.1. The van der Waals surface area contributed by atoms with Crippen LogP contribution in [0.25, 0.3) is 32.9 Å². The number of nitrogens with one attached hydrogen (secondary N) is 2. The lowest BCUT2D eigenvalue weighted by molar-refractivity contribution is -0.136. The Bertz CT molecular complexity index is 1250. The van der Waals surface area contributed by atoms with Crippen LogP contribution in [0.15, 0.2) is 43.0 Å². The summed E-state index contributed by atoms with van der Waals surface area (Å²) in [7, 11) is 0. The van der Waals surface area contributed by atoms with Crippen LogP contribution in [0.1, 0.15) is 31.2 Å². The molecule has 1 aliphatic carbocycles. The first-order valence-electron chi connectivity index (χ1n) is 10.2. The van der Waals surface area contributed by atoms with E-state index in [0.29, 0.717) is 33.4 Å². The first kappa shape index (κ1) is 19.7. The number of aromatic amines is 1. The number of aromatic nitrogens is 4. The number of fused-ring (bicyclic) bond motifs is 2. The zero-order chi connectivity index (χ0) is 21.6. The number of alkyl halides is 3. The van der Waals surface area contributed by atoms with E-state index < -0.39 is 11.7 Å². The molecule has 1 fully saturated rings. The molecule has 0 saturated heterocycles. The Labute approximate surface area is 176 Å². The fourth-order valence-electron chi connectivity index (χ4n) is 4.34. The monoisotopic (exact) mass is 426 g/mol. The van der Waals surface area contributed by atoms with Crippen molar-refractivity contribution in [1.29, 1.82) is 0 Å². The van der Waals surface area contributed by atoms with Crippen LogP contribution < -0.4 is 11.1 Å². The maximum Gasteiger partial charge on any atom is 0.418 e. The van der Waals surface area contributed by atoms with Gasteiger partial charge in [0, 0.05) is 58.8 Å². The molecule has 0 amide bonds. The summed E-state index contributed by atoms with van der Waals surface area (Å²) in [5.74, 6) is 0.457. The van der Waals surface area contributed by atoms with E-state index in [4.69, 9.17) is 5.73 Å². The average molecular weight is 426 g/mol. The van der Waals surface area contributed by atoms with Gasteiger partial charge in [-0.25, -0.2) is 9.97 Å². The van der Waals surface area contributed by atoms with Gasteiger partial charge < -0.3 is 16.0 Å². The van der Waals surface area contributed by atoms with E-state index in [1.54, 1.807) is 30.9 Å². The number of pyridine rings is 1. The first-order valence-corrected chi connectivity index (χ1v) is 10.2. The van der Waals surface area contributed by atoms with Gasteiger partial charge in [-0.3, -0.25) is 4.98 Å². The molecule has 31 heavy (non-hydrogen) atoms. The number of rotatable bonds is 3. The molecule has 2 unspecified atom stereocenters. The highest BCUT2D eigenvalue weighted by atomic mass is 19.4. The number of hydrogen-bond acceptors (Lipinski definition) is 5. The van der Waals surface area contributed by atoms with Crippen LogP contribution in [0.3, 0.4) is 0 Å². The number of halogens is 3. The molecule has 4 aromatic rings. The van der Waals surface area contributed by atoms with Gasteiger partial charge in [-0.2, -0.15) is 13.2 Å². The predicted molar refractivity (Wildman–Crippen MR) is 113 cm³/mol. The smallest absolute Gasteiger partial charge is 0.360 e. The molecule has 5 rings (SSSR count). The molecule has 0 aliphatic heterocycles. The molecule has 3 heterocycles. The van der Waals surface area contributed by atoms with Gasteiger partial charge in [0.15, 0.2) is 0 Å². The van der Waals surface area contributed by atoms with Crippen molar-refractivity contribution >= 4 is 27.8 Å². The SMILES string of the molecule is NC1CCCCC1Nc1ncc2cncc(-c3c[nH]c4c(C(F)(F)F)cccc34)c2n1. The highest BCUT2D eigenvalue weighted by Crippen LogP contribution is 2.39. The second kappa shape index (κ2) is 7.49. The lowest BCUT2D eigenvalue weighted by atomic mass is 9.91. The molecule has 4 N–H and O–H groups in total. The van der Waals surface area contributed by atoms with Crippen LogP contribution in [0.5, 0.6) is 0 Å². The first-order chi connectivity index (χ1) is 14.9. The molecule has 9 heteroatoms. The molecule has 1 aliphatic rings. The minimum Gasteiger partial charge on any atom is -0.360 e. The maximum atomic E-state index is 13.4. The quantitative estimate of drug-likeness (QED) is 0.435. The minimum absolute atomic E-state index is 0.0411. The second-order valence-corrected chi connectivity index (χ2v) is 7.95. The molecule has 0 radical (unpaired) electrons. The Balaban J connectivity index is 1.60. The highest BCUT2D eigenvalue weighted by Gasteiger charge is 2.33. The van der Waals surface area contributed by atoms with Gasteiger partial charge in [0.1, 0.15) is 0 Å². The number of anilines is 1. The Hall–Kier alpha value is -3.20. The average Bonchev–Trinajstić information content (AvgIpc) is 3.18. The topological polar surface area (TPSA) is 92.5 Å². The third-order valence-electron chi connectivity index (χ3n) is 5.93. The lowest BCUT2D eigenvalue weighted by Gasteiger charge is -2.29. The molecule has 160 valence electrons. The van der Waals surface area contributed by atoms with Crippen molar-refractivity contribution in [3.8, 4) is 11.1 Å². The van der Waals surface area contributed by atoms with Crippen molar-refractivity contribution < 1.29 is 13.2 Å². The molecule has 1 saturated carbocycles. The normalized spacial score (nSPS) is 19.7. The van der Waals surface area contributed by atoms with E-state index in [0.717, 1.165) is 31.7 Å². The molecule has 2 atom stereocenters. The van der Waals surface area contributed by atoms with Gasteiger partial charge in [0.05, 0.1) is 16.6 Å².